The lowest BCUT2D eigenvalue weighted by Gasteiger charge is -2.11. The van der Waals surface area contributed by atoms with E-state index in [1.165, 1.54) is 10.8 Å². The smallest absolute Gasteiger partial charge is 0.422 e. The Kier molecular flexibility index (Phi) is 4.17. The molecule has 0 bridgehead atoms. The molecule has 0 aromatic heterocycles. The summed E-state index contributed by atoms with van der Waals surface area (Å²) in [6.45, 7) is 0. The van der Waals surface area contributed by atoms with Crippen LogP contribution in [0.1, 0.15) is 10.4 Å². The minimum Gasteiger partial charge on any atom is -0.478 e. The van der Waals surface area contributed by atoms with Gasteiger partial charge in [0.25, 0.3) is 0 Å². The molecule has 0 radical (unpaired) electrons. The number of anilines is 2. The lowest BCUT2D eigenvalue weighted by molar-refractivity contribution is 0.0698. The van der Waals surface area contributed by atoms with Crippen LogP contribution in [-0.4, -0.2) is 32.7 Å². The van der Waals surface area contributed by atoms with E-state index in [-0.39, 0.29) is 16.9 Å². The predicted molar refractivity (Wildman–Crippen MR) is 65.9 cm³/mol. The van der Waals surface area contributed by atoms with Crippen LogP contribution >= 0.6 is 0 Å². The summed E-state index contributed by atoms with van der Waals surface area (Å²) in [5, 5.41) is 8.91. The number of carboxylic acids is 1. The number of carboxylic acid groups (broad SMARTS) is 1. The molecular formula is C9H11N3O6S. The molecule has 0 aliphatic carbocycles. The van der Waals surface area contributed by atoms with E-state index in [2.05, 4.69) is 4.74 Å². The lowest BCUT2D eigenvalue weighted by atomic mass is 10.1. The molecular weight excluding hydrogens is 278 g/mol. The summed E-state index contributed by atoms with van der Waals surface area (Å²) in [4.78, 5) is 21.7. The molecule has 0 spiro atoms. The highest BCUT2D eigenvalue weighted by Gasteiger charge is 2.18. The molecule has 19 heavy (non-hydrogen) atoms. The fourth-order valence-corrected chi connectivity index (χ4v) is 1.97. The molecule has 0 saturated heterocycles. The summed E-state index contributed by atoms with van der Waals surface area (Å²) in [7, 11) is -3.31. The maximum absolute atomic E-state index is 11.5. The zero-order valence-electron chi connectivity index (χ0n) is 9.71. The van der Waals surface area contributed by atoms with E-state index in [9.17, 15) is 18.0 Å². The number of ether oxygens (including phenoxy) is 1. The summed E-state index contributed by atoms with van der Waals surface area (Å²) >= 11 is 0. The van der Waals surface area contributed by atoms with Crippen LogP contribution in [-0.2, 0) is 14.9 Å². The highest BCUT2D eigenvalue weighted by atomic mass is 32.2. The van der Waals surface area contributed by atoms with Gasteiger partial charge in [0, 0.05) is 5.69 Å². The summed E-state index contributed by atoms with van der Waals surface area (Å²) in [6.07, 6.45) is -1.21. The van der Waals surface area contributed by atoms with Gasteiger partial charge in [-0.15, -0.1) is 0 Å². The molecule has 5 N–H and O–H groups in total. The molecule has 10 heteroatoms. The van der Waals surface area contributed by atoms with Crippen LogP contribution in [0, 0.1) is 0 Å². The minimum atomic E-state index is -4.29. The number of nitrogen functional groups attached to an aromatic ring is 1. The molecule has 0 heterocycles. The first-order valence-electron chi connectivity index (χ1n) is 4.76. The second-order valence-electron chi connectivity index (χ2n) is 3.31. The van der Waals surface area contributed by atoms with E-state index in [1.807, 2.05) is 4.72 Å². The molecule has 1 amide bonds. The van der Waals surface area contributed by atoms with Crippen molar-refractivity contribution in [3.05, 3.63) is 23.8 Å². The number of hydrogen-bond donors (Lipinski definition) is 4. The first-order valence-corrected chi connectivity index (χ1v) is 6.25. The molecule has 1 aromatic carbocycles. The summed E-state index contributed by atoms with van der Waals surface area (Å²) in [6, 6.07) is 3.55. The lowest BCUT2D eigenvalue weighted by Crippen LogP contribution is -2.35. The van der Waals surface area contributed by atoms with E-state index in [4.69, 9.17) is 10.8 Å². The van der Waals surface area contributed by atoms with Crippen molar-refractivity contribution < 1.29 is 27.9 Å². The Morgan fingerprint density at radius 1 is 1.37 bits per heavy atom. The minimum absolute atomic E-state index is 0.154. The Hall–Kier alpha value is -2.49. The second kappa shape index (κ2) is 5.44. The Morgan fingerprint density at radius 3 is 2.53 bits per heavy atom. The van der Waals surface area contributed by atoms with Crippen LogP contribution in [0.15, 0.2) is 18.2 Å². The zero-order valence-corrected chi connectivity index (χ0v) is 10.5. The van der Waals surface area contributed by atoms with Crippen LogP contribution in [0.3, 0.4) is 0 Å². The Labute approximate surface area is 108 Å². The Morgan fingerprint density at radius 2 is 2.00 bits per heavy atom. The van der Waals surface area contributed by atoms with Gasteiger partial charge in [-0.3, -0.25) is 4.72 Å². The molecule has 0 aliphatic rings. The van der Waals surface area contributed by atoms with Crippen LogP contribution in [0.25, 0.3) is 0 Å². The van der Waals surface area contributed by atoms with Crippen LogP contribution in [0.5, 0.6) is 0 Å². The Bertz CT molecular complexity index is 612. The van der Waals surface area contributed by atoms with Crippen molar-refractivity contribution in [2.45, 2.75) is 0 Å². The number of carbonyl (C=O) groups excluding carboxylic acids is 1. The maximum Gasteiger partial charge on any atom is 0.422 e. The molecule has 0 fully saturated rings. The number of rotatable bonds is 4. The van der Waals surface area contributed by atoms with Crippen LogP contribution in [0.2, 0.25) is 0 Å². The number of hydrogen-bond acceptors (Lipinski definition) is 6. The van der Waals surface area contributed by atoms with Crippen LogP contribution in [0.4, 0.5) is 16.2 Å². The second-order valence-corrected chi connectivity index (χ2v) is 4.72. The van der Waals surface area contributed by atoms with Gasteiger partial charge in [-0.1, -0.05) is 0 Å². The van der Waals surface area contributed by atoms with Gasteiger partial charge in [0.2, 0.25) is 0 Å². The van der Waals surface area contributed by atoms with Gasteiger partial charge in [-0.2, -0.15) is 8.42 Å². The van der Waals surface area contributed by atoms with Gasteiger partial charge in [-0.25, -0.2) is 14.3 Å². The highest BCUT2D eigenvalue weighted by Crippen LogP contribution is 2.19. The van der Waals surface area contributed by atoms with Gasteiger partial charge in [-0.05, 0) is 18.2 Å². The van der Waals surface area contributed by atoms with Crippen LogP contribution < -0.4 is 15.2 Å². The van der Waals surface area contributed by atoms with Crippen molar-refractivity contribution in [3.63, 3.8) is 0 Å². The van der Waals surface area contributed by atoms with E-state index < -0.39 is 22.3 Å². The largest absolute Gasteiger partial charge is 0.478 e. The normalized spacial score (nSPS) is 10.6. The zero-order chi connectivity index (χ0) is 14.6. The molecule has 1 aromatic rings. The number of nitrogens with two attached hydrogens (primary N) is 1. The molecule has 0 aliphatic heterocycles. The number of methoxy groups -OCH3 is 1. The average molecular weight is 289 g/mol. The van der Waals surface area contributed by atoms with Crippen molar-refractivity contribution >= 4 is 33.6 Å². The fraction of sp³-hybridized carbons (Fsp3) is 0.111. The fourth-order valence-electron chi connectivity index (χ4n) is 1.15. The van der Waals surface area contributed by atoms with E-state index >= 15 is 0 Å². The molecule has 0 atom stereocenters. The molecule has 9 nitrogen and oxygen atoms in total. The first kappa shape index (κ1) is 14.6. The standard InChI is InChI=1S/C9H11N3O6S/c1-18-9(15)12-19(16,17)11-7-3-2-5(10)4-6(7)8(13)14/h2-4,11H,10H2,1H3,(H,12,15)(H,13,14). The number of benzene rings is 1. The number of carbonyl (C=O) groups is 2. The van der Waals surface area contributed by atoms with E-state index in [1.54, 1.807) is 0 Å². The summed E-state index contributed by atoms with van der Waals surface area (Å²) in [5.41, 5.74) is 4.97. The molecule has 0 saturated carbocycles. The van der Waals surface area contributed by atoms with Gasteiger partial charge >= 0.3 is 22.3 Å². The average Bonchev–Trinajstić information content (AvgIpc) is 2.30. The maximum atomic E-state index is 11.5. The third-order valence-electron chi connectivity index (χ3n) is 1.92. The molecule has 104 valence electrons. The number of amides is 1. The topological polar surface area (TPSA) is 148 Å². The SMILES string of the molecule is COC(=O)NS(=O)(=O)Nc1ccc(N)cc1C(=O)O. The quantitative estimate of drug-likeness (QED) is 0.569. The van der Waals surface area contributed by atoms with Crippen molar-refractivity contribution in [1.29, 1.82) is 0 Å². The van der Waals surface area contributed by atoms with Crippen molar-refractivity contribution in [1.82, 2.24) is 4.72 Å². The third kappa shape index (κ3) is 4.03. The summed E-state index contributed by atoms with van der Waals surface area (Å²) < 4.78 is 30.5. The number of aromatic carboxylic acids is 1. The Balaban J connectivity index is 3.06. The van der Waals surface area contributed by atoms with Crippen molar-refractivity contribution in [3.8, 4) is 0 Å². The van der Waals surface area contributed by atoms with Gasteiger partial charge in [0.15, 0.2) is 0 Å². The highest BCUT2D eigenvalue weighted by molar-refractivity contribution is 7.91. The number of nitrogens with one attached hydrogen (secondary N) is 2. The first-order chi connectivity index (χ1) is 8.75. The molecule has 1 rings (SSSR count). The van der Waals surface area contributed by atoms with E-state index in [0.29, 0.717) is 0 Å². The monoisotopic (exact) mass is 289 g/mol. The summed E-state index contributed by atoms with van der Waals surface area (Å²) in [5.74, 6) is -1.37. The van der Waals surface area contributed by atoms with Crippen molar-refractivity contribution in [2.75, 3.05) is 17.6 Å². The van der Waals surface area contributed by atoms with Crippen molar-refractivity contribution in [2.24, 2.45) is 0 Å². The van der Waals surface area contributed by atoms with Gasteiger partial charge in [0.05, 0.1) is 18.4 Å². The van der Waals surface area contributed by atoms with E-state index in [0.717, 1.165) is 19.2 Å². The molecule has 0 unspecified atom stereocenters. The predicted octanol–water partition coefficient (Wildman–Crippen LogP) is -0.0203. The van der Waals surface area contributed by atoms with Gasteiger partial charge < -0.3 is 15.6 Å². The third-order valence-corrected chi connectivity index (χ3v) is 2.85. The van der Waals surface area contributed by atoms with Gasteiger partial charge in [0.1, 0.15) is 0 Å².